The third kappa shape index (κ3) is 2.45. The SMILES string of the molecule is CC(C)N1CC2CCC(C(C)(C)C)CC2C1. The molecule has 16 heavy (non-hydrogen) atoms. The first-order chi connectivity index (χ1) is 7.38. The van der Waals surface area contributed by atoms with Crippen molar-refractivity contribution in [2.24, 2.45) is 23.2 Å². The third-order valence-electron chi connectivity index (χ3n) is 5.03. The third-order valence-corrected chi connectivity index (χ3v) is 5.03. The zero-order chi connectivity index (χ0) is 11.9. The molecule has 0 aromatic rings. The van der Waals surface area contributed by atoms with Crippen LogP contribution in [0.15, 0.2) is 0 Å². The lowest BCUT2D eigenvalue weighted by molar-refractivity contribution is 0.122. The summed E-state index contributed by atoms with van der Waals surface area (Å²) in [6.07, 6.45) is 4.43. The summed E-state index contributed by atoms with van der Waals surface area (Å²) in [7, 11) is 0. The maximum Gasteiger partial charge on any atom is 0.00388 e. The van der Waals surface area contributed by atoms with E-state index >= 15 is 0 Å². The smallest absolute Gasteiger partial charge is 0.00388 e. The van der Waals surface area contributed by atoms with Gasteiger partial charge in [-0.15, -0.1) is 0 Å². The van der Waals surface area contributed by atoms with Crippen molar-refractivity contribution in [1.29, 1.82) is 0 Å². The van der Waals surface area contributed by atoms with Crippen molar-refractivity contribution >= 4 is 0 Å². The quantitative estimate of drug-likeness (QED) is 0.654. The molecule has 3 atom stereocenters. The fourth-order valence-corrected chi connectivity index (χ4v) is 3.68. The van der Waals surface area contributed by atoms with Crippen molar-refractivity contribution in [3.63, 3.8) is 0 Å². The van der Waals surface area contributed by atoms with Gasteiger partial charge in [-0.2, -0.15) is 0 Å². The molecule has 1 saturated heterocycles. The fourth-order valence-electron chi connectivity index (χ4n) is 3.68. The van der Waals surface area contributed by atoms with Crippen LogP contribution in [0.5, 0.6) is 0 Å². The molecule has 1 aliphatic heterocycles. The summed E-state index contributed by atoms with van der Waals surface area (Å²) >= 11 is 0. The van der Waals surface area contributed by atoms with Gasteiger partial charge in [-0.25, -0.2) is 0 Å². The summed E-state index contributed by atoms with van der Waals surface area (Å²) in [5.41, 5.74) is 0.524. The molecule has 0 radical (unpaired) electrons. The van der Waals surface area contributed by atoms with E-state index in [0.717, 1.165) is 23.8 Å². The zero-order valence-electron chi connectivity index (χ0n) is 11.8. The highest BCUT2D eigenvalue weighted by molar-refractivity contribution is 4.92. The van der Waals surface area contributed by atoms with Gasteiger partial charge < -0.3 is 4.90 Å². The largest absolute Gasteiger partial charge is 0.300 e. The van der Waals surface area contributed by atoms with Crippen molar-refractivity contribution in [1.82, 2.24) is 4.90 Å². The van der Waals surface area contributed by atoms with Crippen molar-refractivity contribution < 1.29 is 0 Å². The first kappa shape index (κ1) is 12.4. The second kappa shape index (κ2) is 4.33. The minimum Gasteiger partial charge on any atom is -0.300 e. The van der Waals surface area contributed by atoms with E-state index in [0.29, 0.717) is 5.41 Å². The maximum atomic E-state index is 2.69. The van der Waals surface area contributed by atoms with Crippen molar-refractivity contribution in [2.75, 3.05) is 13.1 Å². The summed E-state index contributed by atoms with van der Waals surface area (Å²) in [6, 6.07) is 0.749. The van der Waals surface area contributed by atoms with Crippen LogP contribution in [0.1, 0.15) is 53.9 Å². The molecular weight excluding hydrogens is 194 g/mol. The molecular formula is C15H29N. The van der Waals surface area contributed by atoms with Gasteiger partial charge in [0.1, 0.15) is 0 Å². The van der Waals surface area contributed by atoms with E-state index in [4.69, 9.17) is 0 Å². The Morgan fingerprint density at radius 3 is 2.19 bits per heavy atom. The highest BCUT2D eigenvalue weighted by atomic mass is 15.2. The van der Waals surface area contributed by atoms with Gasteiger partial charge in [0.05, 0.1) is 0 Å². The summed E-state index contributed by atoms with van der Waals surface area (Å²) in [5, 5.41) is 0. The van der Waals surface area contributed by atoms with Gasteiger partial charge in [0, 0.05) is 19.1 Å². The summed E-state index contributed by atoms with van der Waals surface area (Å²) < 4.78 is 0. The Morgan fingerprint density at radius 2 is 1.62 bits per heavy atom. The average molecular weight is 223 g/mol. The molecule has 94 valence electrons. The van der Waals surface area contributed by atoms with Crippen LogP contribution in [0.3, 0.4) is 0 Å². The van der Waals surface area contributed by atoms with Crippen LogP contribution in [0.25, 0.3) is 0 Å². The second-order valence-electron chi connectivity index (χ2n) is 7.44. The Hall–Kier alpha value is -0.0400. The Kier molecular flexibility index (Phi) is 3.36. The lowest BCUT2D eigenvalue weighted by Crippen LogP contribution is -2.31. The summed E-state index contributed by atoms with van der Waals surface area (Å²) in [6.45, 7) is 14.7. The number of hydrogen-bond donors (Lipinski definition) is 0. The molecule has 1 aliphatic carbocycles. The fraction of sp³-hybridized carbons (Fsp3) is 1.00. The van der Waals surface area contributed by atoms with Gasteiger partial charge in [0.25, 0.3) is 0 Å². The highest BCUT2D eigenvalue weighted by Crippen LogP contribution is 2.45. The predicted molar refractivity (Wildman–Crippen MR) is 70.5 cm³/mol. The van der Waals surface area contributed by atoms with Crippen LogP contribution in [-0.2, 0) is 0 Å². The van der Waals surface area contributed by atoms with Crippen LogP contribution >= 0.6 is 0 Å². The topological polar surface area (TPSA) is 3.24 Å². The monoisotopic (exact) mass is 223 g/mol. The van der Waals surface area contributed by atoms with Crippen LogP contribution in [0.4, 0.5) is 0 Å². The van der Waals surface area contributed by atoms with Gasteiger partial charge in [-0.1, -0.05) is 20.8 Å². The molecule has 2 rings (SSSR count). The number of nitrogens with zero attached hydrogens (tertiary/aromatic N) is 1. The molecule has 0 N–H and O–H groups in total. The first-order valence-electron chi connectivity index (χ1n) is 7.12. The van der Waals surface area contributed by atoms with Gasteiger partial charge in [0.15, 0.2) is 0 Å². The number of hydrogen-bond acceptors (Lipinski definition) is 1. The lowest BCUT2D eigenvalue weighted by Gasteiger charge is -2.39. The van der Waals surface area contributed by atoms with Crippen LogP contribution in [-0.4, -0.2) is 24.0 Å². The highest BCUT2D eigenvalue weighted by Gasteiger charge is 2.41. The standard InChI is InChI=1S/C15H29N/c1-11(2)16-9-12-6-7-14(15(3,4)5)8-13(12)10-16/h11-14H,6-10H2,1-5H3. The van der Waals surface area contributed by atoms with Gasteiger partial charge in [-0.3, -0.25) is 0 Å². The van der Waals surface area contributed by atoms with Gasteiger partial charge >= 0.3 is 0 Å². The Bertz CT molecular complexity index is 238. The molecule has 0 spiro atoms. The molecule has 1 heteroatoms. The number of fused-ring (bicyclic) bond motifs is 1. The maximum absolute atomic E-state index is 2.69. The van der Waals surface area contributed by atoms with E-state index in [9.17, 15) is 0 Å². The normalized spacial score (nSPS) is 36.8. The van der Waals surface area contributed by atoms with Crippen molar-refractivity contribution in [2.45, 2.75) is 59.9 Å². The molecule has 1 heterocycles. The Morgan fingerprint density at radius 1 is 1.00 bits per heavy atom. The minimum absolute atomic E-state index is 0.524. The van der Waals surface area contributed by atoms with E-state index in [1.807, 2.05) is 0 Å². The van der Waals surface area contributed by atoms with Crippen molar-refractivity contribution in [3.8, 4) is 0 Å². The van der Waals surface area contributed by atoms with E-state index in [1.54, 1.807) is 0 Å². The molecule has 3 unspecified atom stereocenters. The summed E-state index contributed by atoms with van der Waals surface area (Å²) in [5.74, 6) is 2.97. The number of rotatable bonds is 1. The molecule has 2 aliphatic rings. The first-order valence-corrected chi connectivity index (χ1v) is 7.12. The molecule has 1 saturated carbocycles. The van der Waals surface area contributed by atoms with E-state index in [2.05, 4.69) is 39.5 Å². The minimum atomic E-state index is 0.524. The van der Waals surface area contributed by atoms with E-state index in [1.165, 1.54) is 32.4 Å². The molecule has 0 aromatic carbocycles. The van der Waals surface area contributed by atoms with Crippen LogP contribution in [0, 0.1) is 23.2 Å². The number of likely N-dealkylation sites (tertiary alicyclic amines) is 1. The van der Waals surface area contributed by atoms with Crippen LogP contribution in [0.2, 0.25) is 0 Å². The average Bonchev–Trinajstić information content (AvgIpc) is 2.58. The molecule has 0 bridgehead atoms. The van der Waals surface area contributed by atoms with E-state index in [-0.39, 0.29) is 0 Å². The lowest BCUT2D eigenvalue weighted by atomic mass is 9.66. The molecule has 0 aromatic heterocycles. The van der Waals surface area contributed by atoms with Gasteiger partial charge in [-0.05, 0) is 56.3 Å². The van der Waals surface area contributed by atoms with Crippen molar-refractivity contribution in [3.05, 3.63) is 0 Å². The Labute approximate surface area is 102 Å². The second-order valence-corrected chi connectivity index (χ2v) is 7.44. The molecule has 2 fully saturated rings. The van der Waals surface area contributed by atoms with E-state index < -0.39 is 0 Å². The summed E-state index contributed by atoms with van der Waals surface area (Å²) in [4.78, 5) is 2.69. The Balaban J connectivity index is 1.96. The van der Waals surface area contributed by atoms with Crippen LogP contribution < -0.4 is 0 Å². The van der Waals surface area contributed by atoms with Gasteiger partial charge in [0.2, 0.25) is 0 Å². The molecule has 1 nitrogen and oxygen atoms in total. The zero-order valence-corrected chi connectivity index (χ0v) is 11.8. The predicted octanol–water partition coefficient (Wildman–Crippen LogP) is 3.79. The molecule has 0 amide bonds.